The van der Waals surface area contributed by atoms with Crippen LogP contribution in [0.15, 0.2) is 66.0 Å². The average molecular weight is 280 g/mol. The maximum absolute atomic E-state index is 5.02. The van der Waals surface area contributed by atoms with Gasteiger partial charge in [0.25, 0.3) is 0 Å². The molecule has 5 heteroatoms. The van der Waals surface area contributed by atoms with Crippen LogP contribution in [0.1, 0.15) is 5.56 Å². The molecule has 0 radical (unpaired) electrons. The minimum Gasteiger partial charge on any atom is -0.250 e. The van der Waals surface area contributed by atoms with Gasteiger partial charge in [-0.1, -0.05) is 54.6 Å². The highest BCUT2D eigenvalue weighted by atomic mass is 32.1. The Hall–Kier alpha value is -2.53. The van der Waals surface area contributed by atoms with Crippen LogP contribution in [-0.4, -0.2) is 21.1 Å². The first kappa shape index (κ1) is 12.5. The molecule has 0 spiro atoms. The SMILES string of the molecule is S=c1[nH]ncn1/N=C/c1ccc(-c2ccccc2)cc1. The lowest BCUT2D eigenvalue weighted by atomic mass is 10.0. The Kier molecular flexibility index (Phi) is 3.52. The Balaban J connectivity index is 1.82. The molecule has 0 bridgehead atoms. The van der Waals surface area contributed by atoms with E-state index >= 15 is 0 Å². The summed E-state index contributed by atoms with van der Waals surface area (Å²) in [6, 6.07) is 18.5. The molecule has 0 saturated heterocycles. The molecule has 3 aromatic rings. The van der Waals surface area contributed by atoms with E-state index in [1.165, 1.54) is 22.1 Å². The van der Waals surface area contributed by atoms with E-state index in [1.54, 1.807) is 6.21 Å². The predicted molar refractivity (Wildman–Crippen MR) is 82.3 cm³/mol. The second kappa shape index (κ2) is 5.63. The van der Waals surface area contributed by atoms with Gasteiger partial charge in [0, 0.05) is 0 Å². The van der Waals surface area contributed by atoms with Crippen LogP contribution in [0.3, 0.4) is 0 Å². The molecule has 4 nitrogen and oxygen atoms in total. The Bertz CT molecular complexity index is 769. The first-order chi connectivity index (χ1) is 9.83. The largest absolute Gasteiger partial charge is 0.250 e. The number of hydrogen-bond donors (Lipinski definition) is 1. The summed E-state index contributed by atoms with van der Waals surface area (Å²) in [4.78, 5) is 0. The van der Waals surface area contributed by atoms with Crippen molar-refractivity contribution in [3.63, 3.8) is 0 Å². The molecule has 0 atom stereocenters. The van der Waals surface area contributed by atoms with Crippen molar-refractivity contribution in [3.8, 4) is 11.1 Å². The minimum absolute atomic E-state index is 0.474. The van der Waals surface area contributed by atoms with Crippen LogP contribution < -0.4 is 0 Å². The van der Waals surface area contributed by atoms with Crippen LogP contribution in [-0.2, 0) is 0 Å². The number of nitrogens with zero attached hydrogens (tertiary/aromatic N) is 3. The van der Waals surface area contributed by atoms with Gasteiger partial charge in [-0.3, -0.25) is 5.10 Å². The Labute approximate surface area is 121 Å². The standard InChI is InChI=1S/C15H12N4S/c20-15-18-16-11-19(15)17-10-12-6-8-14(9-7-12)13-4-2-1-3-5-13/h1-11H,(H,18,20)/b17-10+. The minimum atomic E-state index is 0.474. The molecule has 20 heavy (non-hydrogen) atoms. The summed E-state index contributed by atoms with van der Waals surface area (Å²) in [6.45, 7) is 0. The van der Waals surface area contributed by atoms with Crippen molar-refractivity contribution in [2.75, 3.05) is 0 Å². The van der Waals surface area contributed by atoms with Crippen molar-refractivity contribution < 1.29 is 0 Å². The van der Waals surface area contributed by atoms with Crippen LogP contribution in [0, 0.1) is 4.77 Å². The van der Waals surface area contributed by atoms with Gasteiger partial charge in [0.2, 0.25) is 4.77 Å². The molecule has 3 rings (SSSR count). The first-order valence-corrected chi connectivity index (χ1v) is 6.55. The van der Waals surface area contributed by atoms with E-state index < -0.39 is 0 Å². The van der Waals surface area contributed by atoms with Crippen LogP contribution >= 0.6 is 12.2 Å². The topological polar surface area (TPSA) is 46.0 Å². The van der Waals surface area contributed by atoms with Crippen LogP contribution in [0.5, 0.6) is 0 Å². The van der Waals surface area contributed by atoms with Gasteiger partial charge in [-0.2, -0.15) is 14.9 Å². The van der Waals surface area contributed by atoms with Gasteiger partial charge in [-0.25, -0.2) is 0 Å². The number of nitrogens with one attached hydrogen (secondary N) is 1. The zero-order valence-electron chi connectivity index (χ0n) is 10.6. The maximum Gasteiger partial charge on any atom is 0.216 e. The highest BCUT2D eigenvalue weighted by molar-refractivity contribution is 7.71. The second-order valence-electron chi connectivity index (χ2n) is 4.24. The van der Waals surface area contributed by atoms with E-state index in [0.717, 1.165) is 5.56 Å². The summed E-state index contributed by atoms with van der Waals surface area (Å²) in [5, 5.41) is 10.7. The summed E-state index contributed by atoms with van der Waals surface area (Å²) in [5.74, 6) is 0. The van der Waals surface area contributed by atoms with E-state index in [9.17, 15) is 0 Å². The number of aromatic nitrogens is 3. The zero-order valence-corrected chi connectivity index (χ0v) is 11.4. The Morgan fingerprint density at radius 1 is 1.00 bits per heavy atom. The fourth-order valence-electron chi connectivity index (χ4n) is 1.85. The van der Waals surface area contributed by atoms with E-state index in [1.807, 2.05) is 30.3 Å². The molecule has 0 aliphatic carbocycles. The molecule has 0 fully saturated rings. The predicted octanol–water partition coefficient (Wildman–Crippen LogP) is 3.49. The summed E-state index contributed by atoms with van der Waals surface area (Å²) in [7, 11) is 0. The fourth-order valence-corrected chi connectivity index (χ4v) is 1.99. The van der Waals surface area contributed by atoms with E-state index in [4.69, 9.17) is 12.2 Å². The molecule has 0 aliphatic rings. The highest BCUT2D eigenvalue weighted by Gasteiger charge is 1.96. The lowest BCUT2D eigenvalue weighted by Gasteiger charge is -2.01. The molecule has 1 aromatic heterocycles. The van der Waals surface area contributed by atoms with Crippen molar-refractivity contribution in [3.05, 3.63) is 71.3 Å². The molecule has 98 valence electrons. The van der Waals surface area contributed by atoms with Crippen LogP contribution in [0.25, 0.3) is 11.1 Å². The average Bonchev–Trinajstić information content (AvgIpc) is 2.92. The number of aromatic amines is 1. The van der Waals surface area contributed by atoms with Crippen molar-refractivity contribution in [1.82, 2.24) is 14.9 Å². The molecule has 0 saturated carbocycles. The van der Waals surface area contributed by atoms with E-state index in [0.29, 0.717) is 4.77 Å². The molecular formula is C15H12N4S. The van der Waals surface area contributed by atoms with Crippen molar-refractivity contribution in [2.24, 2.45) is 5.10 Å². The molecule has 0 aliphatic heterocycles. The van der Waals surface area contributed by atoms with Gasteiger partial charge < -0.3 is 0 Å². The maximum atomic E-state index is 5.02. The third-order valence-electron chi connectivity index (χ3n) is 2.88. The highest BCUT2D eigenvalue weighted by Crippen LogP contribution is 2.18. The number of benzene rings is 2. The molecule has 1 heterocycles. The summed E-state index contributed by atoms with van der Waals surface area (Å²) in [6.07, 6.45) is 3.29. The van der Waals surface area contributed by atoms with Gasteiger partial charge >= 0.3 is 0 Å². The van der Waals surface area contributed by atoms with Gasteiger partial charge in [0.1, 0.15) is 6.33 Å². The van der Waals surface area contributed by atoms with Gasteiger partial charge in [-0.05, 0) is 28.9 Å². The molecule has 2 aromatic carbocycles. The fraction of sp³-hybridized carbons (Fsp3) is 0. The van der Waals surface area contributed by atoms with Crippen molar-refractivity contribution in [2.45, 2.75) is 0 Å². The summed E-state index contributed by atoms with van der Waals surface area (Å²) < 4.78 is 1.99. The molecule has 0 amide bonds. The molecule has 0 unspecified atom stereocenters. The van der Waals surface area contributed by atoms with E-state index in [-0.39, 0.29) is 0 Å². The number of rotatable bonds is 3. The monoisotopic (exact) mass is 280 g/mol. The van der Waals surface area contributed by atoms with Crippen molar-refractivity contribution in [1.29, 1.82) is 0 Å². The number of hydrogen-bond acceptors (Lipinski definition) is 3. The summed E-state index contributed by atoms with van der Waals surface area (Å²) >= 11 is 5.02. The third kappa shape index (κ3) is 2.73. The van der Waals surface area contributed by atoms with E-state index in [2.05, 4.69) is 39.6 Å². The van der Waals surface area contributed by atoms with Crippen molar-refractivity contribution >= 4 is 18.4 Å². The zero-order chi connectivity index (χ0) is 13.8. The molecular weight excluding hydrogens is 268 g/mol. The van der Waals surface area contributed by atoms with Crippen LogP contribution in [0.4, 0.5) is 0 Å². The van der Waals surface area contributed by atoms with Gasteiger partial charge in [0.05, 0.1) is 6.21 Å². The van der Waals surface area contributed by atoms with Gasteiger partial charge in [0.15, 0.2) is 0 Å². The third-order valence-corrected chi connectivity index (χ3v) is 3.16. The Morgan fingerprint density at radius 2 is 1.70 bits per heavy atom. The first-order valence-electron chi connectivity index (χ1n) is 6.15. The summed E-state index contributed by atoms with van der Waals surface area (Å²) in [5.41, 5.74) is 3.39. The lowest BCUT2D eigenvalue weighted by molar-refractivity contribution is 0.863. The molecule has 1 N–H and O–H groups in total. The second-order valence-corrected chi connectivity index (χ2v) is 4.63. The quantitative estimate of drug-likeness (QED) is 0.589. The number of H-pyrrole nitrogens is 1. The Morgan fingerprint density at radius 3 is 2.35 bits per heavy atom. The smallest absolute Gasteiger partial charge is 0.216 e. The lowest BCUT2D eigenvalue weighted by Crippen LogP contribution is -1.89. The van der Waals surface area contributed by atoms with Gasteiger partial charge in [-0.15, -0.1) is 0 Å². The normalized spacial score (nSPS) is 11.0. The van der Waals surface area contributed by atoms with Crippen LogP contribution in [0.2, 0.25) is 0 Å².